The van der Waals surface area contributed by atoms with E-state index >= 15 is 0 Å². The van der Waals surface area contributed by atoms with Crippen LogP contribution in [-0.4, -0.2) is 0 Å². The Kier molecular flexibility index (Phi) is 4.12. The van der Waals surface area contributed by atoms with Gasteiger partial charge in [-0.3, -0.25) is 0 Å². The van der Waals surface area contributed by atoms with Crippen LogP contribution in [0.3, 0.4) is 0 Å². The van der Waals surface area contributed by atoms with Gasteiger partial charge in [-0.2, -0.15) is 0 Å². The highest BCUT2D eigenvalue weighted by atomic mass is 35.5. The second kappa shape index (κ2) is 6.01. The lowest BCUT2D eigenvalue weighted by atomic mass is 9.79. The van der Waals surface area contributed by atoms with Crippen molar-refractivity contribution in [3.8, 4) is 11.1 Å². The Hall–Kier alpha value is -1.27. The highest BCUT2D eigenvalue weighted by Crippen LogP contribution is 2.36. The van der Waals surface area contributed by atoms with E-state index < -0.39 is 0 Å². The number of hydrogen-bond donors (Lipinski definition) is 0. The molecule has 1 heteroatoms. The lowest BCUT2D eigenvalue weighted by molar-refractivity contribution is 0.348. The third kappa shape index (κ3) is 3.07. The maximum Gasteiger partial charge on any atom is 0.0406 e. The standard InChI is InChI=1S/C19H21Cl/c1-14-2-4-15(5-3-14)16-6-8-17(9-7-16)18-10-12-19(20)13-11-18/h6-15H,2-5H2,1H3. The minimum absolute atomic E-state index is 0.769. The van der Waals surface area contributed by atoms with Gasteiger partial charge in [-0.25, -0.2) is 0 Å². The van der Waals surface area contributed by atoms with Crippen LogP contribution in [0.1, 0.15) is 44.1 Å². The molecule has 20 heavy (non-hydrogen) atoms. The van der Waals surface area contributed by atoms with Crippen molar-refractivity contribution in [3.05, 3.63) is 59.1 Å². The van der Waals surface area contributed by atoms with Gasteiger partial charge < -0.3 is 0 Å². The van der Waals surface area contributed by atoms with E-state index in [2.05, 4.69) is 43.3 Å². The number of rotatable bonds is 2. The molecule has 3 rings (SSSR count). The molecule has 0 spiro atoms. The van der Waals surface area contributed by atoms with Crippen LogP contribution in [0.15, 0.2) is 48.5 Å². The van der Waals surface area contributed by atoms with Crippen LogP contribution < -0.4 is 0 Å². The lowest BCUT2D eigenvalue weighted by Gasteiger charge is -2.26. The van der Waals surface area contributed by atoms with Gasteiger partial charge >= 0.3 is 0 Å². The van der Waals surface area contributed by atoms with E-state index in [4.69, 9.17) is 11.6 Å². The van der Waals surface area contributed by atoms with Gasteiger partial charge in [0.1, 0.15) is 0 Å². The van der Waals surface area contributed by atoms with E-state index in [0.29, 0.717) is 0 Å². The van der Waals surface area contributed by atoms with Crippen LogP contribution in [0.2, 0.25) is 5.02 Å². The highest BCUT2D eigenvalue weighted by Gasteiger charge is 2.19. The molecule has 0 N–H and O–H groups in total. The number of benzene rings is 2. The molecule has 1 saturated carbocycles. The summed E-state index contributed by atoms with van der Waals surface area (Å²) >= 11 is 5.94. The van der Waals surface area contributed by atoms with Crippen molar-refractivity contribution in [1.29, 1.82) is 0 Å². The Balaban J connectivity index is 1.76. The van der Waals surface area contributed by atoms with Crippen LogP contribution >= 0.6 is 11.6 Å². The monoisotopic (exact) mass is 284 g/mol. The second-order valence-electron chi connectivity index (χ2n) is 6.09. The molecule has 0 radical (unpaired) electrons. The maximum absolute atomic E-state index is 5.94. The third-order valence-electron chi connectivity index (χ3n) is 4.58. The van der Waals surface area contributed by atoms with E-state index in [1.54, 1.807) is 0 Å². The molecular formula is C19H21Cl. The number of halogens is 1. The fourth-order valence-corrected chi connectivity index (χ4v) is 3.31. The summed E-state index contributed by atoms with van der Waals surface area (Å²) in [6.45, 7) is 2.37. The summed E-state index contributed by atoms with van der Waals surface area (Å²) in [6.07, 6.45) is 5.45. The molecule has 0 aliphatic heterocycles. The van der Waals surface area contributed by atoms with Gasteiger partial charge in [0.15, 0.2) is 0 Å². The van der Waals surface area contributed by atoms with Gasteiger partial charge in [-0.15, -0.1) is 0 Å². The summed E-state index contributed by atoms with van der Waals surface area (Å²) in [4.78, 5) is 0. The fraction of sp³-hybridized carbons (Fsp3) is 0.368. The molecule has 0 atom stereocenters. The molecule has 0 amide bonds. The van der Waals surface area contributed by atoms with Crippen LogP contribution in [0.5, 0.6) is 0 Å². The molecule has 0 heterocycles. The quantitative estimate of drug-likeness (QED) is 0.607. The summed E-state index contributed by atoms with van der Waals surface area (Å²) in [5.41, 5.74) is 4.02. The van der Waals surface area contributed by atoms with E-state index in [1.165, 1.54) is 42.4 Å². The third-order valence-corrected chi connectivity index (χ3v) is 4.83. The predicted molar refractivity (Wildman–Crippen MR) is 87.3 cm³/mol. The summed E-state index contributed by atoms with van der Waals surface area (Å²) in [5, 5.41) is 0.793. The summed E-state index contributed by atoms with van der Waals surface area (Å²) in [5.74, 6) is 1.69. The van der Waals surface area contributed by atoms with Crippen LogP contribution in [0.25, 0.3) is 11.1 Å². The SMILES string of the molecule is CC1CCC(c2ccc(-c3ccc(Cl)cc3)cc2)CC1. The van der Waals surface area contributed by atoms with Crippen molar-refractivity contribution < 1.29 is 0 Å². The average Bonchev–Trinajstić information content (AvgIpc) is 2.49. The molecular weight excluding hydrogens is 264 g/mol. The van der Waals surface area contributed by atoms with E-state index in [1.807, 2.05) is 12.1 Å². The molecule has 0 bridgehead atoms. The first-order valence-corrected chi connectivity index (χ1v) is 7.96. The minimum atomic E-state index is 0.769. The molecule has 1 fully saturated rings. The summed E-state index contributed by atoms with van der Waals surface area (Å²) < 4.78 is 0. The van der Waals surface area contributed by atoms with Crippen molar-refractivity contribution in [2.45, 2.75) is 38.5 Å². The van der Waals surface area contributed by atoms with E-state index in [9.17, 15) is 0 Å². The van der Waals surface area contributed by atoms with Gasteiger partial charge in [0.2, 0.25) is 0 Å². The molecule has 1 aliphatic carbocycles. The maximum atomic E-state index is 5.94. The van der Waals surface area contributed by atoms with Gasteiger partial charge in [-0.05, 0) is 53.5 Å². The predicted octanol–water partition coefficient (Wildman–Crippen LogP) is 6.30. The topological polar surface area (TPSA) is 0 Å². The Morgan fingerprint density at radius 2 is 1.25 bits per heavy atom. The molecule has 0 aromatic heterocycles. The smallest absolute Gasteiger partial charge is 0.0406 e. The lowest BCUT2D eigenvalue weighted by Crippen LogP contribution is -2.10. The largest absolute Gasteiger partial charge is 0.0843 e. The molecule has 0 unspecified atom stereocenters. The molecule has 0 saturated heterocycles. The zero-order chi connectivity index (χ0) is 13.9. The van der Waals surface area contributed by atoms with Gasteiger partial charge in [0.05, 0.1) is 0 Å². The van der Waals surface area contributed by atoms with Crippen LogP contribution in [0.4, 0.5) is 0 Å². The Morgan fingerprint density at radius 3 is 1.80 bits per heavy atom. The van der Waals surface area contributed by atoms with Crippen LogP contribution in [0, 0.1) is 5.92 Å². The van der Waals surface area contributed by atoms with Gasteiger partial charge in [-0.1, -0.05) is 67.8 Å². The molecule has 2 aromatic rings. The van der Waals surface area contributed by atoms with Crippen molar-refractivity contribution in [1.82, 2.24) is 0 Å². The van der Waals surface area contributed by atoms with Gasteiger partial charge in [0.25, 0.3) is 0 Å². The first-order valence-electron chi connectivity index (χ1n) is 7.58. The van der Waals surface area contributed by atoms with Crippen molar-refractivity contribution >= 4 is 11.6 Å². The minimum Gasteiger partial charge on any atom is -0.0843 e. The van der Waals surface area contributed by atoms with Crippen LogP contribution in [-0.2, 0) is 0 Å². The summed E-state index contributed by atoms with van der Waals surface area (Å²) in [6, 6.07) is 17.2. The van der Waals surface area contributed by atoms with Crippen molar-refractivity contribution in [3.63, 3.8) is 0 Å². The fourth-order valence-electron chi connectivity index (χ4n) is 3.18. The van der Waals surface area contributed by atoms with Crippen molar-refractivity contribution in [2.75, 3.05) is 0 Å². The molecule has 1 aliphatic rings. The first kappa shape index (κ1) is 13.7. The molecule has 104 valence electrons. The first-order chi connectivity index (χ1) is 9.72. The van der Waals surface area contributed by atoms with E-state index in [-0.39, 0.29) is 0 Å². The number of hydrogen-bond acceptors (Lipinski definition) is 0. The zero-order valence-electron chi connectivity index (χ0n) is 12.0. The Morgan fingerprint density at radius 1 is 0.750 bits per heavy atom. The average molecular weight is 285 g/mol. The highest BCUT2D eigenvalue weighted by molar-refractivity contribution is 6.30. The normalized spacial score (nSPS) is 22.7. The second-order valence-corrected chi connectivity index (χ2v) is 6.52. The molecule has 0 nitrogen and oxygen atoms in total. The zero-order valence-corrected chi connectivity index (χ0v) is 12.7. The van der Waals surface area contributed by atoms with Crippen molar-refractivity contribution in [2.24, 2.45) is 5.92 Å². The molecule has 2 aromatic carbocycles. The van der Waals surface area contributed by atoms with Gasteiger partial charge in [0, 0.05) is 5.02 Å². The Labute approximate surface area is 126 Å². The summed E-state index contributed by atoms with van der Waals surface area (Å²) in [7, 11) is 0. The van der Waals surface area contributed by atoms with E-state index in [0.717, 1.165) is 16.9 Å². The Bertz CT molecular complexity index is 545.